The van der Waals surface area contributed by atoms with Gasteiger partial charge in [-0.1, -0.05) is 0 Å². The van der Waals surface area contributed by atoms with Crippen LogP contribution in [0.4, 0.5) is 11.4 Å². The van der Waals surface area contributed by atoms with E-state index in [0.29, 0.717) is 0 Å². The zero-order valence-corrected chi connectivity index (χ0v) is 18.9. The van der Waals surface area contributed by atoms with Gasteiger partial charge in [0.2, 0.25) is 0 Å². The summed E-state index contributed by atoms with van der Waals surface area (Å²) < 4.78 is 89.8. The van der Waals surface area contributed by atoms with E-state index in [4.69, 9.17) is 0 Å². The maximum absolute atomic E-state index is 11.5. The Hall–Kier alpha value is -2.51. The third-order valence-electron chi connectivity index (χ3n) is 4.43. The lowest BCUT2D eigenvalue weighted by atomic mass is 10.0. The molecule has 0 aliphatic heterocycles. The van der Waals surface area contributed by atoms with E-state index in [1.165, 1.54) is 6.92 Å². The normalized spacial score (nSPS) is 14.2. The monoisotopic (exact) mass is 522 g/mol. The molecule has 0 bridgehead atoms. The molecule has 33 heavy (non-hydrogen) atoms. The summed E-state index contributed by atoms with van der Waals surface area (Å²) in [5.74, 6) is -1.28. The van der Waals surface area contributed by atoms with Gasteiger partial charge in [-0.05, 0) is 54.3 Å². The number of azo groups is 1. The van der Waals surface area contributed by atoms with E-state index < -0.39 is 69.4 Å². The summed E-state index contributed by atoms with van der Waals surface area (Å²) in [6, 6.07) is 5.72. The van der Waals surface area contributed by atoms with E-state index in [1.807, 2.05) is 0 Å². The number of rotatable bonds is 5. The Balaban J connectivity index is 2.29. The first-order valence-corrected chi connectivity index (χ1v) is 13.0. The molecule has 180 valence electrons. The zero-order valence-electron chi connectivity index (χ0n) is 16.4. The number of phenols is 2. The first-order chi connectivity index (χ1) is 15.0. The van der Waals surface area contributed by atoms with Gasteiger partial charge in [-0.15, -0.1) is 10.2 Å². The Morgan fingerprint density at radius 3 is 1.94 bits per heavy atom. The molecular formula is C17H18N2O11S3. The summed E-state index contributed by atoms with van der Waals surface area (Å²) in [5, 5.41) is 27.8. The summed E-state index contributed by atoms with van der Waals surface area (Å²) in [4.78, 5) is -1.73. The Bertz CT molecular complexity index is 1390. The van der Waals surface area contributed by atoms with Gasteiger partial charge in [-0.3, -0.25) is 4.55 Å². The van der Waals surface area contributed by atoms with Crippen LogP contribution in [0.1, 0.15) is 5.56 Å². The summed E-state index contributed by atoms with van der Waals surface area (Å²) in [6.45, 7) is 1.38. The van der Waals surface area contributed by atoms with Gasteiger partial charge < -0.3 is 37.5 Å². The molecule has 9 N–H and O–H groups in total. The fourth-order valence-electron chi connectivity index (χ4n) is 2.97. The van der Waals surface area contributed by atoms with Crippen LogP contribution in [0.3, 0.4) is 0 Å². The average Bonchev–Trinajstić information content (AvgIpc) is 2.65. The van der Waals surface area contributed by atoms with Gasteiger partial charge in [0.05, 0.1) is 14.7 Å². The summed E-state index contributed by atoms with van der Waals surface area (Å²) in [7, 11) is -13.4. The van der Waals surface area contributed by atoms with Crippen LogP contribution in [-0.4, -0.2) is 50.5 Å². The Morgan fingerprint density at radius 1 is 0.758 bits per heavy atom. The number of benzene rings is 3. The van der Waals surface area contributed by atoms with Gasteiger partial charge >= 0.3 is 0 Å². The second-order valence-corrected chi connectivity index (χ2v) is 11.2. The first kappa shape index (κ1) is 25.1. The van der Waals surface area contributed by atoms with Crippen LogP contribution in [0.25, 0.3) is 10.8 Å². The van der Waals surface area contributed by atoms with Gasteiger partial charge in [0.1, 0.15) is 38.9 Å². The maximum atomic E-state index is 11.5. The van der Waals surface area contributed by atoms with Crippen molar-refractivity contribution in [3.63, 3.8) is 0 Å². The summed E-state index contributed by atoms with van der Waals surface area (Å²) in [6.07, 6.45) is 0. The molecule has 0 atom stereocenters. The van der Waals surface area contributed by atoms with Crippen LogP contribution < -0.4 is 0 Å². The summed E-state index contributed by atoms with van der Waals surface area (Å²) >= 11 is 0. The molecule has 0 aromatic heterocycles. The molecule has 0 aliphatic rings. The lowest BCUT2D eigenvalue weighted by Gasteiger charge is -2.22. The molecule has 0 fully saturated rings. The molecule has 3 rings (SSSR count). The molecule has 3 aromatic carbocycles. The predicted octanol–water partition coefficient (Wildman–Crippen LogP) is 5.39. The van der Waals surface area contributed by atoms with Crippen molar-refractivity contribution in [2.24, 2.45) is 10.2 Å². The van der Waals surface area contributed by atoms with E-state index in [-0.39, 0.29) is 16.3 Å². The van der Waals surface area contributed by atoms with Gasteiger partial charge in [-0.2, -0.15) is 8.42 Å². The van der Waals surface area contributed by atoms with Crippen molar-refractivity contribution in [2.75, 3.05) is 0 Å². The molecule has 13 nitrogen and oxygen atoms in total. The minimum Gasteiger partial charge on any atom is -0.506 e. The fourth-order valence-corrected chi connectivity index (χ4v) is 4.78. The van der Waals surface area contributed by atoms with Crippen LogP contribution in [0.5, 0.6) is 11.5 Å². The molecule has 0 amide bonds. The van der Waals surface area contributed by atoms with E-state index >= 15 is 0 Å². The fraction of sp³-hybridized carbons (Fsp3) is 0.0588. The number of aromatic hydroxyl groups is 2. The van der Waals surface area contributed by atoms with Crippen molar-refractivity contribution in [1.82, 2.24) is 0 Å². The van der Waals surface area contributed by atoms with Gasteiger partial charge in [0.25, 0.3) is 10.1 Å². The number of hydrogen-bond acceptors (Lipinski definition) is 12. The van der Waals surface area contributed by atoms with E-state index in [1.54, 1.807) is 0 Å². The maximum Gasteiger partial charge on any atom is 0.294 e. The third kappa shape index (κ3) is 5.20. The molecule has 0 aliphatic carbocycles. The lowest BCUT2D eigenvalue weighted by molar-refractivity contribution is 0.373. The van der Waals surface area contributed by atoms with E-state index in [2.05, 4.69) is 10.2 Å². The number of fused-ring (bicyclic) bond motifs is 1. The molecule has 0 saturated heterocycles. The van der Waals surface area contributed by atoms with Crippen LogP contribution >= 0.6 is 21.7 Å². The van der Waals surface area contributed by atoms with Crippen LogP contribution in [0, 0.1) is 6.92 Å². The molecule has 16 heteroatoms. The SMILES string of the molecule is Cc1cc(S(=O)(=O)O)cc2cc(S(O)(O)O)c(N=Nc3cc(S(O)(O)O)ccc3O)c(O)c12. The van der Waals surface area contributed by atoms with Crippen LogP contribution in [0.15, 0.2) is 61.3 Å². The van der Waals surface area contributed by atoms with Gasteiger partial charge in [0, 0.05) is 5.39 Å². The minimum absolute atomic E-state index is 0.0220. The van der Waals surface area contributed by atoms with Crippen molar-refractivity contribution in [3.8, 4) is 11.5 Å². The average molecular weight is 523 g/mol. The topological polar surface area (TPSA) is 241 Å². The van der Waals surface area contributed by atoms with Crippen molar-refractivity contribution in [1.29, 1.82) is 0 Å². The highest BCUT2D eigenvalue weighted by atomic mass is 32.3. The number of phenolic OH excluding ortho intramolecular Hbond substituents is 2. The Morgan fingerprint density at radius 2 is 1.39 bits per heavy atom. The number of hydrogen-bond donors (Lipinski definition) is 9. The molecule has 3 aromatic rings. The van der Waals surface area contributed by atoms with Crippen molar-refractivity contribution < 1.29 is 50.5 Å². The molecule has 0 radical (unpaired) electrons. The highest BCUT2D eigenvalue weighted by Gasteiger charge is 2.27. The van der Waals surface area contributed by atoms with Crippen molar-refractivity contribution in [3.05, 3.63) is 42.0 Å². The lowest BCUT2D eigenvalue weighted by Crippen LogP contribution is -2.01. The van der Waals surface area contributed by atoms with Crippen molar-refractivity contribution >= 4 is 54.0 Å². The van der Waals surface area contributed by atoms with Crippen LogP contribution in [-0.2, 0) is 10.1 Å². The highest BCUT2D eigenvalue weighted by molar-refractivity contribution is 8.19. The predicted molar refractivity (Wildman–Crippen MR) is 120 cm³/mol. The highest BCUT2D eigenvalue weighted by Crippen LogP contribution is 2.55. The van der Waals surface area contributed by atoms with Gasteiger partial charge in [0.15, 0.2) is 5.75 Å². The molecular weight excluding hydrogens is 504 g/mol. The standard InChI is InChI=1S/C17H18N2O11S3/c1-8-4-11(32(25,26)27)5-9-6-14(33(28,29)30)16(17(21)15(8)9)19-18-12-7-10(31(22,23)24)2-3-13(12)20/h2-7,20-24,28-30H,1H3,(H,25,26,27). The first-order valence-electron chi connectivity index (χ1n) is 8.54. The van der Waals surface area contributed by atoms with Crippen molar-refractivity contribution in [2.45, 2.75) is 21.6 Å². The molecule has 0 spiro atoms. The Kier molecular flexibility index (Phi) is 6.37. The smallest absolute Gasteiger partial charge is 0.294 e. The quantitative estimate of drug-likeness (QED) is 0.152. The molecule has 0 heterocycles. The third-order valence-corrected chi connectivity index (χ3v) is 7.05. The molecule has 0 unspecified atom stereocenters. The number of aryl methyl sites for hydroxylation is 1. The molecule has 0 saturated carbocycles. The number of nitrogens with zero attached hydrogens (tertiary/aromatic N) is 2. The van der Waals surface area contributed by atoms with E-state index in [9.17, 15) is 50.5 Å². The summed E-state index contributed by atoms with van der Waals surface area (Å²) in [5.41, 5.74) is -0.943. The second-order valence-electron chi connectivity index (χ2n) is 6.77. The second kappa shape index (κ2) is 8.37. The Labute approximate surface area is 189 Å². The largest absolute Gasteiger partial charge is 0.506 e. The minimum atomic E-state index is -4.65. The van der Waals surface area contributed by atoms with Gasteiger partial charge in [-0.25, -0.2) is 0 Å². The van der Waals surface area contributed by atoms with Crippen LogP contribution in [0.2, 0.25) is 0 Å². The van der Waals surface area contributed by atoms with E-state index in [0.717, 1.165) is 36.4 Å². The zero-order chi connectivity index (χ0) is 24.9.